The normalized spacial score (nSPS) is 10.6. The molecule has 0 amide bonds. The highest BCUT2D eigenvalue weighted by molar-refractivity contribution is 5.69. The van der Waals surface area contributed by atoms with E-state index >= 15 is 0 Å². The molecule has 94 valence electrons. The van der Waals surface area contributed by atoms with Gasteiger partial charge in [-0.15, -0.1) is 0 Å². The van der Waals surface area contributed by atoms with Crippen LogP contribution < -0.4 is 0 Å². The summed E-state index contributed by atoms with van der Waals surface area (Å²) in [6.07, 6.45) is 2.14. The van der Waals surface area contributed by atoms with Gasteiger partial charge in [-0.1, -0.05) is 74.5 Å². The second kappa shape index (κ2) is 7.50. The lowest BCUT2D eigenvalue weighted by Gasteiger charge is -2.04. The van der Waals surface area contributed by atoms with Crippen molar-refractivity contribution in [1.82, 2.24) is 0 Å². The van der Waals surface area contributed by atoms with Crippen molar-refractivity contribution in [2.24, 2.45) is 0 Å². The summed E-state index contributed by atoms with van der Waals surface area (Å²) in [6, 6.07) is 19.2. The van der Waals surface area contributed by atoms with E-state index in [1.165, 1.54) is 22.3 Å². The molecule has 0 aliphatic carbocycles. The molecular weight excluding hydrogens is 216 g/mol. The fraction of sp³-hybridized carbons (Fsp3) is 0.222. The number of allylic oxidation sites excluding steroid dienone is 2. The predicted octanol–water partition coefficient (Wildman–Crippen LogP) is 5.80. The van der Waals surface area contributed by atoms with Crippen LogP contribution in [-0.4, -0.2) is 0 Å². The van der Waals surface area contributed by atoms with Crippen LogP contribution in [0.4, 0.5) is 0 Å². The SMILES string of the molecule is CC.CC=C(C)c1ccc(-c2ccccc2)cc1. The van der Waals surface area contributed by atoms with E-state index in [0.29, 0.717) is 0 Å². The summed E-state index contributed by atoms with van der Waals surface area (Å²) in [5, 5.41) is 0. The fourth-order valence-electron chi connectivity index (χ4n) is 1.72. The van der Waals surface area contributed by atoms with Crippen LogP contribution >= 0.6 is 0 Å². The van der Waals surface area contributed by atoms with Crippen molar-refractivity contribution < 1.29 is 0 Å². The molecule has 0 nitrogen and oxygen atoms in total. The Balaban J connectivity index is 0.000000771. The first-order chi connectivity index (χ1) is 8.81. The summed E-state index contributed by atoms with van der Waals surface area (Å²) >= 11 is 0. The largest absolute Gasteiger partial charge is 0.0841 e. The zero-order valence-electron chi connectivity index (χ0n) is 11.8. The second-order valence-electron chi connectivity index (χ2n) is 3.92. The third-order valence-corrected chi connectivity index (χ3v) is 2.88. The van der Waals surface area contributed by atoms with E-state index in [1.807, 2.05) is 19.9 Å². The summed E-state index contributed by atoms with van der Waals surface area (Å²) in [6.45, 7) is 8.21. The van der Waals surface area contributed by atoms with Gasteiger partial charge in [0.25, 0.3) is 0 Å². The van der Waals surface area contributed by atoms with E-state index in [4.69, 9.17) is 0 Å². The summed E-state index contributed by atoms with van der Waals surface area (Å²) < 4.78 is 0. The van der Waals surface area contributed by atoms with Gasteiger partial charge >= 0.3 is 0 Å². The molecule has 0 saturated carbocycles. The average Bonchev–Trinajstić information content (AvgIpc) is 2.49. The number of rotatable bonds is 2. The Bertz CT molecular complexity index is 475. The van der Waals surface area contributed by atoms with Gasteiger partial charge in [-0.05, 0) is 36.1 Å². The minimum absolute atomic E-state index is 1.27. The third kappa shape index (κ3) is 3.59. The van der Waals surface area contributed by atoms with E-state index in [0.717, 1.165) is 0 Å². The molecule has 0 saturated heterocycles. The number of benzene rings is 2. The van der Waals surface area contributed by atoms with Gasteiger partial charge in [0.1, 0.15) is 0 Å². The highest BCUT2D eigenvalue weighted by atomic mass is 14.0. The van der Waals surface area contributed by atoms with Gasteiger partial charge in [-0.3, -0.25) is 0 Å². The molecule has 0 radical (unpaired) electrons. The Morgan fingerprint density at radius 2 is 1.28 bits per heavy atom. The molecule has 0 atom stereocenters. The smallest absolute Gasteiger partial charge is 0.0184 e. The average molecular weight is 238 g/mol. The number of hydrogen-bond acceptors (Lipinski definition) is 0. The van der Waals surface area contributed by atoms with E-state index in [1.54, 1.807) is 0 Å². The van der Waals surface area contributed by atoms with Crippen molar-refractivity contribution in [3.05, 3.63) is 66.2 Å². The van der Waals surface area contributed by atoms with Gasteiger partial charge in [0.2, 0.25) is 0 Å². The zero-order valence-corrected chi connectivity index (χ0v) is 11.8. The molecule has 0 aliphatic heterocycles. The fourth-order valence-corrected chi connectivity index (χ4v) is 1.72. The van der Waals surface area contributed by atoms with E-state index in [-0.39, 0.29) is 0 Å². The highest BCUT2D eigenvalue weighted by Crippen LogP contribution is 2.21. The molecule has 0 fully saturated rings. The van der Waals surface area contributed by atoms with Crippen LogP contribution in [0, 0.1) is 0 Å². The molecule has 0 bridgehead atoms. The summed E-state index contributed by atoms with van der Waals surface area (Å²) in [5.41, 5.74) is 5.15. The van der Waals surface area contributed by atoms with Crippen molar-refractivity contribution in [2.75, 3.05) is 0 Å². The van der Waals surface area contributed by atoms with Crippen molar-refractivity contribution in [2.45, 2.75) is 27.7 Å². The van der Waals surface area contributed by atoms with Crippen LogP contribution in [0.5, 0.6) is 0 Å². The van der Waals surface area contributed by atoms with Crippen molar-refractivity contribution in [3.63, 3.8) is 0 Å². The van der Waals surface area contributed by atoms with Gasteiger partial charge in [0.15, 0.2) is 0 Å². The van der Waals surface area contributed by atoms with Gasteiger partial charge in [0.05, 0.1) is 0 Å². The highest BCUT2D eigenvalue weighted by Gasteiger charge is 1.97. The van der Waals surface area contributed by atoms with Gasteiger partial charge in [-0.25, -0.2) is 0 Å². The standard InChI is InChI=1S/C16H16.C2H6/c1-3-13(2)14-9-11-16(12-10-14)15-7-5-4-6-8-15;1-2/h3-12H,1-2H3;1-2H3. The molecule has 0 aliphatic rings. The van der Waals surface area contributed by atoms with E-state index < -0.39 is 0 Å². The molecular formula is C18H22. The van der Waals surface area contributed by atoms with Crippen molar-refractivity contribution in [3.8, 4) is 11.1 Å². The number of hydrogen-bond donors (Lipinski definition) is 0. The Morgan fingerprint density at radius 1 is 0.778 bits per heavy atom. The van der Waals surface area contributed by atoms with Crippen LogP contribution in [0.1, 0.15) is 33.3 Å². The maximum atomic E-state index is 2.18. The Kier molecular flexibility index (Phi) is 5.93. The minimum atomic E-state index is 1.27. The van der Waals surface area contributed by atoms with Crippen molar-refractivity contribution >= 4 is 5.57 Å². The maximum absolute atomic E-state index is 2.18. The van der Waals surface area contributed by atoms with Gasteiger partial charge < -0.3 is 0 Å². The lowest BCUT2D eigenvalue weighted by Crippen LogP contribution is -1.80. The Labute approximate surface area is 111 Å². The van der Waals surface area contributed by atoms with Gasteiger partial charge in [-0.2, -0.15) is 0 Å². The monoisotopic (exact) mass is 238 g/mol. The topological polar surface area (TPSA) is 0 Å². The summed E-state index contributed by atoms with van der Waals surface area (Å²) in [4.78, 5) is 0. The Morgan fingerprint density at radius 3 is 1.78 bits per heavy atom. The molecule has 0 aromatic heterocycles. The van der Waals surface area contributed by atoms with Crippen LogP contribution in [0.15, 0.2) is 60.7 Å². The first kappa shape index (κ1) is 14.2. The maximum Gasteiger partial charge on any atom is -0.0184 e. The molecule has 0 heteroatoms. The second-order valence-corrected chi connectivity index (χ2v) is 3.92. The van der Waals surface area contributed by atoms with E-state index in [9.17, 15) is 0 Å². The summed E-state index contributed by atoms with van der Waals surface area (Å²) in [5.74, 6) is 0. The molecule has 0 heterocycles. The van der Waals surface area contributed by atoms with Crippen LogP contribution in [0.3, 0.4) is 0 Å². The molecule has 0 unspecified atom stereocenters. The quantitative estimate of drug-likeness (QED) is 0.620. The zero-order chi connectivity index (χ0) is 13.4. The Hall–Kier alpha value is -1.82. The molecule has 2 aromatic rings. The van der Waals surface area contributed by atoms with Crippen molar-refractivity contribution in [1.29, 1.82) is 0 Å². The predicted molar refractivity (Wildman–Crippen MR) is 82.6 cm³/mol. The van der Waals surface area contributed by atoms with Crippen LogP contribution in [0.25, 0.3) is 16.7 Å². The third-order valence-electron chi connectivity index (χ3n) is 2.88. The summed E-state index contributed by atoms with van der Waals surface area (Å²) in [7, 11) is 0. The molecule has 2 rings (SSSR count). The first-order valence-electron chi connectivity index (χ1n) is 6.60. The molecule has 2 aromatic carbocycles. The molecule has 0 N–H and O–H groups in total. The lowest BCUT2D eigenvalue weighted by molar-refractivity contribution is 1.50. The van der Waals surface area contributed by atoms with Crippen LogP contribution in [-0.2, 0) is 0 Å². The first-order valence-corrected chi connectivity index (χ1v) is 6.60. The minimum Gasteiger partial charge on any atom is -0.0841 e. The molecule has 18 heavy (non-hydrogen) atoms. The van der Waals surface area contributed by atoms with Crippen LogP contribution in [0.2, 0.25) is 0 Å². The lowest BCUT2D eigenvalue weighted by atomic mass is 10.0. The van der Waals surface area contributed by atoms with E-state index in [2.05, 4.69) is 68.5 Å². The van der Waals surface area contributed by atoms with Gasteiger partial charge in [0, 0.05) is 0 Å². The molecule has 0 spiro atoms.